The van der Waals surface area contributed by atoms with Crippen LogP contribution in [-0.4, -0.2) is 106 Å². The van der Waals surface area contributed by atoms with Crippen molar-refractivity contribution in [1.29, 1.82) is 0 Å². The number of epoxide rings is 2. The fourth-order valence-electron chi connectivity index (χ4n) is 6.91. The van der Waals surface area contributed by atoms with Crippen molar-refractivity contribution in [3.05, 3.63) is 115 Å². The highest BCUT2D eigenvalue weighted by atomic mass is 16.6. The lowest BCUT2D eigenvalue weighted by molar-refractivity contribution is -0.158. The predicted octanol–water partition coefficient (Wildman–Crippen LogP) is 7.27. The topological polar surface area (TPSA) is 223 Å². The summed E-state index contributed by atoms with van der Waals surface area (Å²) in [6, 6.07) is 0. The first-order valence-corrected chi connectivity index (χ1v) is 21.3. The maximum absolute atomic E-state index is 13.6. The third-order valence-corrected chi connectivity index (χ3v) is 11.6. The zero-order chi connectivity index (χ0) is 46.7. The van der Waals surface area contributed by atoms with Gasteiger partial charge in [0.1, 0.15) is 55.3 Å². The highest BCUT2D eigenvalue weighted by Crippen LogP contribution is 2.40. The molecular weight excluding hydrogens is 829 g/mol. The Kier molecular flexibility index (Phi) is 16.8. The van der Waals surface area contributed by atoms with E-state index in [-0.39, 0.29) is 73.3 Å². The molecule has 0 saturated carbocycles. The number of cyclic esters (lactones) is 2. The third kappa shape index (κ3) is 13.4. The van der Waals surface area contributed by atoms with Gasteiger partial charge < -0.3 is 47.5 Å². The lowest BCUT2D eigenvalue weighted by Crippen LogP contribution is -2.49. The first-order valence-electron chi connectivity index (χ1n) is 21.3. The number of aliphatic hydroxyl groups is 1. The van der Waals surface area contributed by atoms with Gasteiger partial charge in [-0.3, -0.25) is 9.59 Å². The van der Waals surface area contributed by atoms with Crippen LogP contribution in [0.2, 0.25) is 0 Å². The number of esters is 3. The number of allylic oxidation sites excluding steroid dienone is 4. The van der Waals surface area contributed by atoms with Crippen molar-refractivity contribution >= 4 is 30.0 Å². The van der Waals surface area contributed by atoms with Crippen molar-refractivity contribution in [3.8, 4) is 0 Å². The number of carbonyl (C=O) groups is 4. The van der Waals surface area contributed by atoms with Gasteiger partial charge in [0.2, 0.25) is 5.89 Å². The van der Waals surface area contributed by atoms with Crippen LogP contribution in [0.1, 0.15) is 107 Å². The fourth-order valence-corrected chi connectivity index (χ4v) is 6.91. The molecule has 5 heterocycles. The van der Waals surface area contributed by atoms with Gasteiger partial charge in [0.05, 0.1) is 31.0 Å². The number of hydrogen-bond donors (Lipinski definition) is 2. The van der Waals surface area contributed by atoms with Gasteiger partial charge in [0, 0.05) is 36.9 Å². The summed E-state index contributed by atoms with van der Waals surface area (Å²) in [6.45, 7) is 12.5. The first-order chi connectivity index (χ1) is 30.4. The van der Waals surface area contributed by atoms with E-state index >= 15 is 0 Å². The Labute approximate surface area is 373 Å². The van der Waals surface area contributed by atoms with Crippen molar-refractivity contribution in [2.24, 2.45) is 10.8 Å². The summed E-state index contributed by atoms with van der Waals surface area (Å²) < 4.78 is 46.3. The van der Waals surface area contributed by atoms with Crippen molar-refractivity contribution in [1.82, 2.24) is 9.97 Å². The number of oxazole rings is 2. The number of carbonyl (C=O) groups excluding carboxylic acids is 3. The second kappa shape index (κ2) is 21.8. The molecule has 0 aliphatic carbocycles. The zero-order valence-corrected chi connectivity index (χ0v) is 37.6. The largest absolute Gasteiger partial charge is 0.481 e. The molecule has 0 radical (unpaired) electrons. The minimum absolute atomic E-state index is 0.0232. The molecule has 346 valence electrons. The van der Waals surface area contributed by atoms with E-state index in [1.807, 2.05) is 63.3 Å². The molecular formula is C48H60N2O14. The molecule has 3 aliphatic rings. The number of fused-ring (bicyclic) bond motifs is 6. The quantitative estimate of drug-likeness (QED) is 0.0980. The normalized spacial score (nSPS) is 28.9. The lowest BCUT2D eigenvalue weighted by atomic mass is 9.70. The van der Waals surface area contributed by atoms with E-state index in [2.05, 4.69) is 9.97 Å². The molecule has 4 bridgehead atoms. The molecule has 0 aromatic carbocycles. The molecule has 0 amide bonds. The molecule has 0 spiro atoms. The number of rotatable bonds is 11. The van der Waals surface area contributed by atoms with Crippen LogP contribution in [0, 0.1) is 10.8 Å². The molecule has 16 heteroatoms. The van der Waals surface area contributed by atoms with Gasteiger partial charge in [0.15, 0.2) is 17.3 Å². The van der Waals surface area contributed by atoms with Gasteiger partial charge in [0.25, 0.3) is 0 Å². The second-order valence-corrected chi connectivity index (χ2v) is 17.1. The fraction of sp³-hybridized carbons (Fsp3) is 0.500. The number of carboxylic acid groups (broad SMARTS) is 1. The Bertz CT molecular complexity index is 2150. The van der Waals surface area contributed by atoms with E-state index < -0.39 is 71.1 Å². The monoisotopic (exact) mass is 888 g/mol. The van der Waals surface area contributed by atoms with E-state index in [0.29, 0.717) is 0 Å². The van der Waals surface area contributed by atoms with Crippen molar-refractivity contribution < 1.29 is 66.6 Å². The van der Waals surface area contributed by atoms with Crippen LogP contribution in [-0.2, 0) is 44.4 Å². The Morgan fingerprint density at radius 1 is 0.812 bits per heavy atom. The van der Waals surface area contributed by atoms with Gasteiger partial charge >= 0.3 is 23.9 Å². The van der Waals surface area contributed by atoms with Gasteiger partial charge in [-0.15, -0.1) is 0 Å². The Morgan fingerprint density at radius 2 is 1.42 bits per heavy atom. The number of aliphatic carboxylic acids is 1. The number of carboxylic acids is 1. The van der Waals surface area contributed by atoms with E-state index in [1.165, 1.54) is 19.6 Å². The molecule has 2 saturated heterocycles. The standard InChI is InChI=1S/C48H60N2O14/c1-9-15-37(62-43(53)25-24-42(51)52)46(3,4)38-19-13-17-35-36(61-35)23-22-30(57-8)27-41-50-32(29-59-41)45(55)64-39(47(5,6)48(7,56)26-10-2)20-14-18-34-33(60-34)16-11-12-21-40-49-31(28-58-40)44(54)63-38/h9-18,21-23,26,28-30,33-39,56H,19-20,24-25,27H2,1-8H3,(H,51,52)/b15-9+,16-11+,17-13-,18-14-,21-12-,23-22+,26-10+/t30-,33-,34+,35?,36?,37-,38-,39-,48?/m0/s1. The summed E-state index contributed by atoms with van der Waals surface area (Å²) in [6.07, 6.45) is 23.0. The molecule has 5 rings (SSSR count). The molecule has 64 heavy (non-hydrogen) atoms. The highest BCUT2D eigenvalue weighted by Gasteiger charge is 2.46. The molecule has 2 fully saturated rings. The van der Waals surface area contributed by atoms with Crippen LogP contribution in [0.15, 0.2) is 100 Å². The first kappa shape index (κ1) is 49.3. The molecule has 2 N–H and O–H groups in total. The van der Waals surface area contributed by atoms with Gasteiger partial charge in [-0.2, -0.15) is 0 Å². The minimum Gasteiger partial charge on any atom is -0.481 e. The summed E-state index contributed by atoms with van der Waals surface area (Å²) in [5, 5.41) is 20.5. The van der Waals surface area contributed by atoms with Gasteiger partial charge in [-0.05, 0) is 26.8 Å². The highest BCUT2D eigenvalue weighted by molar-refractivity contribution is 5.87. The van der Waals surface area contributed by atoms with Crippen LogP contribution >= 0.6 is 0 Å². The molecule has 2 aromatic heterocycles. The smallest absolute Gasteiger partial charge is 0.360 e. The van der Waals surface area contributed by atoms with E-state index in [4.69, 9.17) is 42.4 Å². The van der Waals surface area contributed by atoms with Crippen LogP contribution in [0.25, 0.3) is 6.08 Å². The number of nitrogens with zero attached hydrogens (tertiary/aromatic N) is 2. The van der Waals surface area contributed by atoms with Crippen LogP contribution in [0.3, 0.4) is 0 Å². The molecule has 3 unspecified atom stereocenters. The van der Waals surface area contributed by atoms with Crippen molar-refractivity contribution in [2.75, 3.05) is 7.11 Å². The molecule has 9 atom stereocenters. The van der Waals surface area contributed by atoms with Crippen LogP contribution in [0.5, 0.6) is 0 Å². The Hall–Kier alpha value is -5.68. The summed E-state index contributed by atoms with van der Waals surface area (Å²) in [5.41, 5.74) is -3.38. The van der Waals surface area contributed by atoms with Gasteiger partial charge in [-0.25, -0.2) is 19.6 Å². The lowest BCUT2D eigenvalue weighted by Gasteiger charge is -2.43. The molecule has 16 nitrogen and oxygen atoms in total. The summed E-state index contributed by atoms with van der Waals surface area (Å²) in [7, 11) is 1.54. The van der Waals surface area contributed by atoms with Crippen LogP contribution < -0.4 is 0 Å². The second-order valence-electron chi connectivity index (χ2n) is 17.1. The van der Waals surface area contributed by atoms with Gasteiger partial charge in [-0.1, -0.05) is 101 Å². The number of hydrogen-bond acceptors (Lipinski definition) is 15. The third-order valence-electron chi connectivity index (χ3n) is 11.6. The number of ether oxygens (including phenoxy) is 6. The minimum atomic E-state index is -1.33. The van der Waals surface area contributed by atoms with Crippen molar-refractivity contribution in [3.63, 3.8) is 0 Å². The molecule has 3 aliphatic heterocycles. The SMILES string of the molecule is C/C=C/[C@H](OC(=O)CCC(=O)O)C(C)(C)[C@@H]1C/C=C\C2OC2/C=C/[C@H](OC)Cc2nc(co2)C(=O)O[C@H](C(C)(C)C(C)(O)/C=C/C)C/C=C\[C@H]2O[C@H]2/C=C/C=C\c2nc(co2)C(=O)O1. The summed E-state index contributed by atoms with van der Waals surface area (Å²) in [5.74, 6) is -2.90. The average Bonchev–Trinajstić information content (AvgIpc) is 4.04. The maximum Gasteiger partial charge on any atom is 0.360 e. The predicted molar refractivity (Wildman–Crippen MR) is 233 cm³/mol. The van der Waals surface area contributed by atoms with E-state index in [1.54, 1.807) is 70.2 Å². The summed E-state index contributed by atoms with van der Waals surface area (Å²) >= 11 is 0. The molecule has 2 aromatic rings. The van der Waals surface area contributed by atoms with Crippen molar-refractivity contribution in [2.45, 2.75) is 135 Å². The number of aromatic nitrogens is 2. The van der Waals surface area contributed by atoms with E-state index in [0.717, 1.165) is 0 Å². The number of methoxy groups -OCH3 is 1. The zero-order valence-electron chi connectivity index (χ0n) is 37.6. The maximum atomic E-state index is 13.6. The Balaban J connectivity index is 1.39. The van der Waals surface area contributed by atoms with Crippen LogP contribution in [0.4, 0.5) is 0 Å². The van der Waals surface area contributed by atoms with E-state index in [9.17, 15) is 24.3 Å². The Morgan fingerprint density at radius 3 is 2.06 bits per heavy atom. The average molecular weight is 889 g/mol. The summed E-state index contributed by atoms with van der Waals surface area (Å²) in [4.78, 5) is 59.6.